The van der Waals surface area contributed by atoms with Gasteiger partial charge in [0.15, 0.2) is 0 Å². The number of pyridine rings is 1. The molecule has 0 saturated heterocycles. The highest BCUT2D eigenvalue weighted by Gasteiger charge is 2.10. The number of nitrogens with one attached hydrogen (secondary N) is 1. The molecule has 4 nitrogen and oxygen atoms in total. The van der Waals surface area contributed by atoms with Crippen molar-refractivity contribution in [1.82, 2.24) is 4.98 Å². The molecular weight excluding hydrogens is 287 g/mol. The van der Waals surface area contributed by atoms with E-state index in [0.29, 0.717) is 21.6 Å². The molecule has 0 saturated carbocycles. The van der Waals surface area contributed by atoms with E-state index in [1.807, 2.05) is 0 Å². The van der Waals surface area contributed by atoms with Crippen molar-refractivity contribution in [3.63, 3.8) is 0 Å². The Balaban J connectivity index is 2.26. The van der Waals surface area contributed by atoms with Crippen LogP contribution >= 0.6 is 23.2 Å². The SMILES string of the molecule is CNc1nc(Oc2ccc(CO)cc2)c(Cl)cc1Cl. The van der Waals surface area contributed by atoms with Crippen LogP contribution in [0.4, 0.5) is 5.82 Å². The highest BCUT2D eigenvalue weighted by atomic mass is 35.5. The van der Waals surface area contributed by atoms with E-state index >= 15 is 0 Å². The molecule has 0 atom stereocenters. The van der Waals surface area contributed by atoms with Crippen LogP contribution in [0.1, 0.15) is 5.56 Å². The second-order valence-electron chi connectivity index (χ2n) is 3.76. The first-order valence-corrected chi connectivity index (χ1v) is 6.31. The number of hydrogen-bond donors (Lipinski definition) is 2. The summed E-state index contributed by atoms with van der Waals surface area (Å²) in [5.41, 5.74) is 0.804. The largest absolute Gasteiger partial charge is 0.437 e. The Kier molecular flexibility index (Phi) is 4.47. The number of ether oxygens (including phenoxy) is 1. The van der Waals surface area contributed by atoms with E-state index in [4.69, 9.17) is 33.0 Å². The third-order valence-electron chi connectivity index (χ3n) is 2.45. The summed E-state index contributed by atoms with van der Waals surface area (Å²) in [7, 11) is 1.71. The van der Waals surface area contributed by atoms with Gasteiger partial charge in [-0.15, -0.1) is 0 Å². The summed E-state index contributed by atoms with van der Waals surface area (Å²) in [5, 5.41) is 12.6. The van der Waals surface area contributed by atoms with Gasteiger partial charge >= 0.3 is 0 Å². The first kappa shape index (κ1) is 13.9. The van der Waals surface area contributed by atoms with E-state index in [2.05, 4.69) is 10.3 Å². The number of aliphatic hydroxyl groups is 1. The lowest BCUT2D eigenvalue weighted by Crippen LogP contribution is -1.97. The second kappa shape index (κ2) is 6.10. The van der Waals surface area contributed by atoms with Crippen LogP contribution in [-0.2, 0) is 6.61 Å². The normalized spacial score (nSPS) is 10.3. The maximum absolute atomic E-state index is 8.96. The van der Waals surface area contributed by atoms with Crippen LogP contribution in [0, 0.1) is 0 Å². The van der Waals surface area contributed by atoms with E-state index < -0.39 is 0 Å². The molecule has 1 heterocycles. The Bertz CT molecular complexity index is 574. The van der Waals surface area contributed by atoms with Crippen LogP contribution in [0.3, 0.4) is 0 Å². The van der Waals surface area contributed by atoms with Crippen LogP contribution < -0.4 is 10.1 Å². The monoisotopic (exact) mass is 298 g/mol. The molecule has 0 aliphatic rings. The molecule has 0 aliphatic heterocycles. The maximum atomic E-state index is 8.96. The molecule has 2 aromatic rings. The number of aromatic nitrogens is 1. The van der Waals surface area contributed by atoms with Gasteiger partial charge in [0.1, 0.15) is 16.6 Å². The van der Waals surface area contributed by atoms with Crippen molar-refractivity contribution in [3.8, 4) is 11.6 Å². The minimum atomic E-state index is -0.00979. The molecule has 0 bridgehead atoms. The van der Waals surface area contributed by atoms with E-state index in [1.54, 1.807) is 37.4 Å². The fourth-order valence-corrected chi connectivity index (χ4v) is 1.96. The van der Waals surface area contributed by atoms with Crippen LogP contribution in [-0.4, -0.2) is 17.1 Å². The molecule has 2 N–H and O–H groups in total. The zero-order valence-electron chi connectivity index (χ0n) is 10.2. The van der Waals surface area contributed by atoms with Gasteiger partial charge in [0.25, 0.3) is 0 Å². The van der Waals surface area contributed by atoms with Crippen LogP contribution in [0.15, 0.2) is 30.3 Å². The molecule has 100 valence electrons. The van der Waals surface area contributed by atoms with Crippen molar-refractivity contribution in [1.29, 1.82) is 0 Å². The molecule has 0 radical (unpaired) electrons. The van der Waals surface area contributed by atoms with Gasteiger partial charge in [-0.1, -0.05) is 35.3 Å². The van der Waals surface area contributed by atoms with Gasteiger partial charge in [-0.05, 0) is 23.8 Å². The zero-order valence-corrected chi connectivity index (χ0v) is 11.7. The molecule has 0 fully saturated rings. The van der Waals surface area contributed by atoms with E-state index in [1.165, 1.54) is 0 Å². The molecule has 0 aliphatic carbocycles. The fourth-order valence-electron chi connectivity index (χ4n) is 1.47. The number of hydrogen-bond acceptors (Lipinski definition) is 4. The van der Waals surface area contributed by atoms with Gasteiger partial charge in [0, 0.05) is 7.05 Å². The van der Waals surface area contributed by atoms with Crippen molar-refractivity contribution < 1.29 is 9.84 Å². The predicted molar refractivity (Wildman–Crippen MR) is 76.2 cm³/mol. The van der Waals surface area contributed by atoms with Crippen LogP contribution in [0.2, 0.25) is 10.0 Å². The lowest BCUT2D eigenvalue weighted by molar-refractivity contribution is 0.281. The zero-order chi connectivity index (χ0) is 13.8. The fraction of sp³-hybridized carbons (Fsp3) is 0.154. The smallest absolute Gasteiger partial charge is 0.240 e. The summed E-state index contributed by atoms with van der Waals surface area (Å²) in [4.78, 5) is 4.18. The molecule has 0 unspecified atom stereocenters. The number of benzene rings is 1. The van der Waals surface area contributed by atoms with E-state index in [9.17, 15) is 0 Å². The van der Waals surface area contributed by atoms with Crippen molar-refractivity contribution in [2.45, 2.75) is 6.61 Å². The summed E-state index contributed by atoms with van der Waals surface area (Å²) >= 11 is 12.0. The summed E-state index contributed by atoms with van der Waals surface area (Å²) in [6.07, 6.45) is 0. The van der Waals surface area contributed by atoms with Crippen LogP contribution in [0.5, 0.6) is 11.6 Å². The number of nitrogens with zero attached hydrogens (tertiary/aromatic N) is 1. The first-order chi connectivity index (χ1) is 9.13. The average molecular weight is 299 g/mol. The average Bonchev–Trinajstić information content (AvgIpc) is 2.42. The van der Waals surface area contributed by atoms with Crippen molar-refractivity contribution in [3.05, 3.63) is 45.9 Å². The Labute approximate surface area is 121 Å². The molecule has 1 aromatic heterocycles. The standard InChI is InChI=1S/C13H12Cl2N2O2/c1-16-12-10(14)6-11(15)13(17-12)19-9-4-2-8(7-18)3-5-9/h2-6,18H,7H2,1H3,(H,16,17). The number of aliphatic hydroxyl groups excluding tert-OH is 1. The minimum absolute atomic E-state index is 0.00979. The van der Waals surface area contributed by atoms with Gasteiger partial charge in [-0.3, -0.25) is 0 Å². The number of halogens is 2. The minimum Gasteiger partial charge on any atom is -0.437 e. The quantitative estimate of drug-likeness (QED) is 0.903. The van der Waals surface area contributed by atoms with Gasteiger partial charge in [0.05, 0.1) is 11.6 Å². The maximum Gasteiger partial charge on any atom is 0.240 e. The summed E-state index contributed by atoms with van der Waals surface area (Å²) in [6, 6.07) is 8.56. The molecule has 6 heteroatoms. The Hall–Kier alpha value is -1.49. The van der Waals surface area contributed by atoms with Crippen molar-refractivity contribution in [2.24, 2.45) is 0 Å². The van der Waals surface area contributed by atoms with Crippen molar-refractivity contribution >= 4 is 29.0 Å². The Morgan fingerprint density at radius 1 is 1.21 bits per heavy atom. The molecular formula is C13H12Cl2N2O2. The molecule has 2 rings (SSSR count). The summed E-state index contributed by atoms with van der Waals surface area (Å²) < 4.78 is 5.58. The molecule has 19 heavy (non-hydrogen) atoms. The highest BCUT2D eigenvalue weighted by Crippen LogP contribution is 2.33. The highest BCUT2D eigenvalue weighted by molar-refractivity contribution is 6.36. The Morgan fingerprint density at radius 2 is 1.89 bits per heavy atom. The summed E-state index contributed by atoms with van der Waals surface area (Å²) in [6.45, 7) is -0.00979. The third kappa shape index (κ3) is 3.29. The van der Waals surface area contributed by atoms with Crippen molar-refractivity contribution in [2.75, 3.05) is 12.4 Å². The van der Waals surface area contributed by atoms with Gasteiger partial charge in [-0.25, -0.2) is 0 Å². The van der Waals surface area contributed by atoms with E-state index in [0.717, 1.165) is 5.56 Å². The topological polar surface area (TPSA) is 54.4 Å². The lowest BCUT2D eigenvalue weighted by Gasteiger charge is -2.10. The Morgan fingerprint density at radius 3 is 2.47 bits per heavy atom. The molecule has 0 spiro atoms. The van der Waals surface area contributed by atoms with E-state index in [-0.39, 0.29) is 12.5 Å². The molecule has 0 amide bonds. The van der Waals surface area contributed by atoms with Gasteiger partial charge in [-0.2, -0.15) is 4.98 Å². The molecule has 1 aromatic carbocycles. The predicted octanol–water partition coefficient (Wildman–Crippen LogP) is 3.71. The summed E-state index contributed by atoms with van der Waals surface area (Å²) in [5.74, 6) is 1.34. The van der Waals surface area contributed by atoms with Crippen LogP contribution in [0.25, 0.3) is 0 Å². The lowest BCUT2D eigenvalue weighted by atomic mass is 10.2. The third-order valence-corrected chi connectivity index (χ3v) is 3.01. The number of rotatable bonds is 4. The van der Waals surface area contributed by atoms with Gasteiger partial charge < -0.3 is 15.2 Å². The number of anilines is 1. The second-order valence-corrected chi connectivity index (χ2v) is 4.57. The first-order valence-electron chi connectivity index (χ1n) is 5.55. The van der Waals surface area contributed by atoms with Gasteiger partial charge in [0.2, 0.25) is 5.88 Å².